The average molecular weight is 383 g/mol. The van der Waals surface area contributed by atoms with Crippen LogP contribution in [0.3, 0.4) is 0 Å². The standard InChI is InChI=1S/C23H30N2O3/c1-2-27-22-11-7-6-8-20(22)12-13-23(26)25-16-14-24(15-17-25)18-19-28-21-9-4-3-5-10-21/h3-11H,2,12-19H2,1H3. The molecule has 1 saturated heterocycles. The third kappa shape index (κ3) is 5.99. The van der Waals surface area contributed by atoms with Crippen LogP contribution in [-0.2, 0) is 11.2 Å². The van der Waals surface area contributed by atoms with Gasteiger partial charge in [-0.15, -0.1) is 0 Å². The summed E-state index contributed by atoms with van der Waals surface area (Å²) in [6.07, 6.45) is 1.25. The SMILES string of the molecule is CCOc1ccccc1CCC(=O)N1CCN(CCOc2ccccc2)CC1. The zero-order valence-electron chi connectivity index (χ0n) is 16.7. The number of piperazine rings is 1. The van der Waals surface area contributed by atoms with E-state index in [-0.39, 0.29) is 5.91 Å². The van der Waals surface area contributed by atoms with Gasteiger partial charge in [-0.05, 0) is 37.1 Å². The molecule has 1 amide bonds. The lowest BCUT2D eigenvalue weighted by Gasteiger charge is -2.34. The summed E-state index contributed by atoms with van der Waals surface area (Å²) in [6.45, 7) is 7.56. The highest BCUT2D eigenvalue weighted by Crippen LogP contribution is 2.20. The molecule has 28 heavy (non-hydrogen) atoms. The molecule has 0 spiro atoms. The lowest BCUT2D eigenvalue weighted by Crippen LogP contribution is -2.49. The van der Waals surface area contributed by atoms with Gasteiger partial charge < -0.3 is 14.4 Å². The first-order valence-corrected chi connectivity index (χ1v) is 10.1. The molecule has 5 heteroatoms. The van der Waals surface area contributed by atoms with Gasteiger partial charge in [-0.2, -0.15) is 0 Å². The fourth-order valence-electron chi connectivity index (χ4n) is 3.44. The molecule has 0 aromatic heterocycles. The molecule has 0 atom stereocenters. The van der Waals surface area contributed by atoms with Crippen LogP contribution >= 0.6 is 0 Å². The van der Waals surface area contributed by atoms with E-state index in [4.69, 9.17) is 9.47 Å². The number of rotatable bonds is 9. The highest BCUT2D eigenvalue weighted by Gasteiger charge is 2.21. The van der Waals surface area contributed by atoms with Crippen LogP contribution in [0.5, 0.6) is 11.5 Å². The van der Waals surface area contributed by atoms with Gasteiger partial charge in [0, 0.05) is 39.1 Å². The van der Waals surface area contributed by atoms with E-state index in [2.05, 4.69) is 4.90 Å². The maximum absolute atomic E-state index is 12.6. The normalized spacial score (nSPS) is 14.7. The Hall–Kier alpha value is -2.53. The predicted octanol–water partition coefficient (Wildman–Crippen LogP) is 3.24. The van der Waals surface area contributed by atoms with Crippen molar-refractivity contribution in [3.63, 3.8) is 0 Å². The molecule has 0 saturated carbocycles. The zero-order chi connectivity index (χ0) is 19.6. The second kappa shape index (κ2) is 10.7. The van der Waals surface area contributed by atoms with Crippen LogP contribution in [0.2, 0.25) is 0 Å². The number of hydrogen-bond acceptors (Lipinski definition) is 4. The van der Waals surface area contributed by atoms with Crippen molar-refractivity contribution in [3.8, 4) is 11.5 Å². The van der Waals surface area contributed by atoms with Gasteiger partial charge in [0.25, 0.3) is 0 Å². The molecule has 1 fully saturated rings. The Bertz CT molecular complexity index is 728. The van der Waals surface area contributed by atoms with Gasteiger partial charge in [-0.25, -0.2) is 0 Å². The third-order valence-electron chi connectivity index (χ3n) is 5.03. The van der Waals surface area contributed by atoms with Crippen molar-refractivity contribution in [3.05, 3.63) is 60.2 Å². The van der Waals surface area contributed by atoms with Gasteiger partial charge in [0.05, 0.1) is 6.61 Å². The molecule has 2 aromatic rings. The number of carbonyl (C=O) groups is 1. The molecule has 0 unspecified atom stereocenters. The highest BCUT2D eigenvalue weighted by molar-refractivity contribution is 5.76. The van der Waals surface area contributed by atoms with Crippen LogP contribution in [0.25, 0.3) is 0 Å². The van der Waals surface area contributed by atoms with Crippen molar-refractivity contribution in [2.45, 2.75) is 19.8 Å². The first-order valence-electron chi connectivity index (χ1n) is 10.1. The monoisotopic (exact) mass is 382 g/mol. The molecule has 2 aromatic carbocycles. The summed E-state index contributed by atoms with van der Waals surface area (Å²) >= 11 is 0. The van der Waals surface area contributed by atoms with E-state index in [1.807, 2.05) is 66.4 Å². The van der Waals surface area contributed by atoms with Crippen molar-refractivity contribution < 1.29 is 14.3 Å². The lowest BCUT2D eigenvalue weighted by molar-refractivity contribution is -0.132. The van der Waals surface area contributed by atoms with E-state index < -0.39 is 0 Å². The number of benzene rings is 2. The molecule has 1 aliphatic rings. The Morgan fingerprint density at radius 1 is 0.929 bits per heavy atom. The van der Waals surface area contributed by atoms with Crippen LogP contribution in [0.1, 0.15) is 18.9 Å². The number of amides is 1. The Kier molecular flexibility index (Phi) is 7.73. The van der Waals surface area contributed by atoms with Crippen molar-refractivity contribution in [1.29, 1.82) is 0 Å². The molecular formula is C23H30N2O3. The average Bonchev–Trinajstić information content (AvgIpc) is 2.74. The van der Waals surface area contributed by atoms with Gasteiger partial charge in [0.1, 0.15) is 18.1 Å². The van der Waals surface area contributed by atoms with Gasteiger partial charge >= 0.3 is 0 Å². The maximum Gasteiger partial charge on any atom is 0.222 e. The number of ether oxygens (including phenoxy) is 2. The van der Waals surface area contributed by atoms with Crippen LogP contribution in [0.4, 0.5) is 0 Å². The Morgan fingerprint density at radius 2 is 1.64 bits per heavy atom. The minimum Gasteiger partial charge on any atom is -0.494 e. The van der Waals surface area contributed by atoms with Crippen LogP contribution in [0, 0.1) is 0 Å². The topological polar surface area (TPSA) is 42.0 Å². The number of carbonyl (C=O) groups excluding carboxylic acids is 1. The quantitative estimate of drug-likeness (QED) is 0.668. The van der Waals surface area contributed by atoms with E-state index in [0.29, 0.717) is 19.6 Å². The van der Waals surface area contributed by atoms with E-state index in [0.717, 1.165) is 56.2 Å². The Morgan fingerprint density at radius 3 is 2.39 bits per heavy atom. The molecule has 0 N–H and O–H groups in total. The van der Waals surface area contributed by atoms with Crippen molar-refractivity contribution in [2.75, 3.05) is 45.9 Å². The molecule has 5 nitrogen and oxygen atoms in total. The predicted molar refractivity (Wildman–Crippen MR) is 111 cm³/mol. The molecule has 0 bridgehead atoms. The van der Waals surface area contributed by atoms with Gasteiger partial charge in [-0.1, -0.05) is 36.4 Å². The largest absolute Gasteiger partial charge is 0.494 e. The fraction of sp³-hybridized carbons (Fsp3) is 0.435. The molecule has 0 radical (unpaired) electrons. The lowest BCUT2D eigenvalue weighted by atomic mass is 10.1. The summed E-state index contributed by atoms with van der Waals surface area (Å²) in [5.41, 5.74) is 1.11. The summed E-state index contributed by atoms with van der Waals surface area (Å²) in [6, 6.07) is 17.9. The minimum absolute atomic E-state index is 0.228. The second-order valence-corrected chi connectivity index (χ2v) is 6.92. The summed E-state index contributed by atoms with van der Waals surface area (Å²) in [5.74, 6) is 2.02. The summed E-state index contributed by atoms with van der Waals surface area (Å²) < 4.78 is 11.4. The highest BCUT2D eigenvalue weighted by atomic mass is 16.5. The second-order valence-electron chi connectivity index (χ2n) is 6.92. The van der Waals surface area contributed by atoms with Crippen LogP contribution in [-0.4, -0.2) is 61.6 Å². The number of nitrogens with zero attached hydrogens (tertiary/aromatic N) is 2. The first kappa shape index (κ1) is 20.2. The van der Waals surface area contributed by atoms with Gasteiger partial charge in [0.2, 0.25) is 5.91 Å². The molecule has 1 heterocycles. The smallest absolute Gasteiger partial charge is 0.222 e. The van der Waals surface area contributed by atoms with Crippen molar-refractivity contribution in [2.24, 2.45) is 0 Å². The number of para-hydroxylation sites is 2. The van der Waals surface area contributed by atoms with E-state index in [9.17, 15) is 4.79 Å². The molecule has 0 aliphatic carbocycles. The summed E-state index contributed by atoms with van der Waals surface area (Å²) in [5, 5.41) is 0. The maximum atomic E-state index is 12.6. The molecule has 3 rings (SSSR count). The van der Waals surface area contributed by atoms with Crippen molar-refractivity contribution >= 4 is 5.91 Å². The van der Waals surface area contributed by atoms with Crippen LogP contribution < -0.4 is 9.47 Å². The fourth-order valence-corrected chi connectivity index (χ4v) is 3.44. The first-order chi connectivity index (χ1) is 13.8. The third-order valence-corrected chi connectivity index (χ3v) is 5.03. The number of aryl methyl sites for hydroxylation is 1. The van der Waals surface area contributed by atoms with E-state index in [1.54, 1.807) is 0 Å². The van der Waals surface area contributed by atoms with Crippen molar-refractivity contribution in [1.82, 2.24) is 9.80 Å². The van der Waals surface area contributed by atoms with E-state index >= 15 is 0 Å². The molecule has 150 valence electrons. The Labute approximate surface area is 167 Å². The molecule has 1 aliphatic heterocycles. The summed E-state index contributed by atoms with van der Waals surface area (Å²) in [7, 11) is 0. The van der Waals surface area contributed by atoms with Gasteiger partial charge in [-0.3, -0.25) is 9.69 Å². The molecular weight excluding hydrogens is 352 g/mol. The van der Waals surface area contributed by atoms with E-state index in [1.165, 1.54) is 0 Å². The van der Waals surface area contributed by atoms with Gasteiger partial charge in [0.15, 0.2) is 0 Å². The number of hydrogen-bond donors (Lipinski definition) is 0. The minimum atomic E-state index is 0.228. The summed E-state index contributed by atoms with van der Waals surface area (Å²) in [4.78, 5) is 16.9. The van der Waals surface area contributed by atoms with Crippen LogP contribution in [0.15, 0.2) is 54.6 Å². The zero-order valence-corrected chi connectivity index (χ0v) is 16.7. The Balaban J connectivity index is 1.37.